The molecule has 4 rings (SSSR count). The summed E-state index contributed by atoms with van der Waals surface area (Å²) in [6.07, 6.45) is 4.33. The average molecular weight is 524 g/mol. The van der Waals surface area contributed by atoms with Crippen molar-refractivity contribution in [2.24, 2.45) is 4.99 Å². The van der Waals surface area contributed by atoms with Crippen LogP contribution in [-0.4, -0.2) is 49.7 Å². The van der Waals surface area contributed by atoms with Crippen LogP contribution in [0.25, 0.3) is 0 Å². The number of guanidine groups is 1. The highest BCUT2D eigenvalue weighted by atomic mass is 127. The zero-order chi connectivity index (χ0) is 20.1. The highest BCUT2D eigenvalue weighted by molar-refractivity contribution is 14.0. The number of hydrogen-bond donors (Lipinski definition) is 2. The summed E-state index contributed by atoms with van der Waals surface area (Å²) in [4.78, 5) is 13.9. The highest BCUT2D eigenvalue weighted by Crippen LogP contribution is 2.21. The first kappa shape index (κ1) is 22.6. The predicted molar refractivity (Wildman–Crippen MR) is 131 cm³/mol. The summed E-state index contributed by atoms with van der Waals surface area (Å²) in [5.74, 6) is 1.69. The lowest BCUT2D eigenvalue weighted by molar-refractivity contribution is 0.624. The molecule has 2 aliphatic rings. The van der Waals surface area contributed by atoms with Crippen LogP contribution in [0.4, 0.5) is 15.9 Å². The van der Waals surface area contributed by atoms with Crippen LogP contribution in [0.2, 0.25) is 0 Å². The number of nitrogens with one attached hydrogen (secondary N) is 2. The number of anilines is 2. The summed E-state index contributed by atoms with van der Waals surface area (Å²) in [6, 6.07) is 11.5. The van der Waals surface area contributed by atoms with Gasteiger partial charge in [0.1, 0.15) is 11.6 Å². The molecule has 1 aliphatic carbocycles. The van der Waals surface area contributed by atoms with E-state index >= 15 is 0 Å². The number of halogens is 2. The van der Waals surface area contributed by atoms with Crippen molar-refractivity contribution in [3.05, 3.63) is 54.0 Å². The van der Waals surface area contributed by atoms with Crippen molar-refractivity contribution in [3.63, 3.8) is 0 Å². The molecule has 0 atom stereocenters. The van der Waals surface area contributed by atoms with Crippen molar-refractivity contribution in [2.75, 3.05) is 42.5 Å². The number of nitrogens with zero attached hydrogens (tertiary/aromatic N) is 4. The van der Waals surface area contributed by atoms with E-state index in [0.717, 1.165) is 55.8 Å². The third kappa shape index (κ3) is 6.20. The topological polar surface area (TPSA) is 55.8 Å². The Morgan fingerprint density at radius 3 is 2.47 bits per heavy atom. The van der Waals surface area contributed by atoms with Gasteiger partial charge in [-0.1, -0.05) is 0 Å². The predicted octanol–water partition coefficient (Wildman–Crippen LogP) is 3.38. The van der Waals surface area contributed by atoms with Crippen molar-refractivity contribution in [3.8, 4) is 0 Å². The second-order valence-electron chi connectivity index (χ2n) is 7.59. The summed E-state index contributed by atoms with van der Waals surface area (Å²) in [5.41, 5.74) is 2.23. The molecule has 0 bridgehead atoms. The number of piperazine rings is 1. The van der Waals surface area contributed by atoms with Gasteiger partial charge in [0.15, 0.2) is 5.96 Å². The lowest BCUT2D eigenvalue weighted by atomic mass is 10.2. The van der Waals surface area contributed by atoms with Gasteiger partial charge < -0.3 is 20.4 Å². The van der Waals surface area contributed by atoms with Gasteiger partial charge in [-0.25, -0.2) is 14.4 Å². The van der Waals surface area contributed by atoms with Crippen LogP contribution in [-0.2, 0) is 6.54 Å². The molecule has 30 heavy (non-hydrogen) atoms. The SMILES string of the molecule is CCNC(=NCc1ccnc(N2CCN(c3ccc(F)cc3)CC2)c1)NC1CC1.I. The van der Waals surface area contributed by atoms with Crippen molar-refractivity contribution < 1.29 is 4.39 Å². The first-order chi connectivity index (χ1) is 14.2. The fraction of sp³-hybridized carbons (Fsp3) is 0.455. The van der Waals surface area contributed by atoms with Gasteiger partial charge >= 0.3 is 0 Å². The molecule has 0 radical (unpaired) electrons. The van der Waals surface area contributed by atoms with Gasteiger partial charge in [-0.15, -0.1) is 24.0 Å². The minimum atomic E-state index is -0.194. The van der Waals surface area contributed by atoms with Crippen LogP contribution in [0.3, 0.4) is 0 Å². The van der Waals surface area contributed by atoms with Crippen LogP contribution in [0.1, 0.15) is 25.3 Å². The molecule has 1 aromatic heterocycles. The Morgan fingerprint density at radius 2 is 1.80 bits per heavy atom. The van der Waals surface area contributed by atoms with Gasteiger partial charge in [0.2, 0.25) is 0 Å². The van der Waals surface area contributed by atoms with E-state index in [1.165, 1.54) is 25.0 Å². The van der Waals surface area contributed by atoms with E-state index in [1.54, 1.807) is 0 Å². The maximum absolute atomic E-state index is 13.1. The van der Waals surface area contributed by atoms with Crippen molar-refractivity contribution in [2.45, 2.75) is 32.4 Å². The van der Waals surface area contributed by atoms with Gasteiger partial charge in [-0.3, -0.25) is 0 Å². The minimum absolute atomic E-state index is 0. The van der Waals surface area contributed by atoms with E-state index in [0.29, 0.717) is 12.6 Å². The molecule has 1 saturated carbocycles. The maximum atomic E-state index is 13.1. The summed E-state index contributed by atoms with van der Waals surface area (Å²) >= 11 is 0. The molecule has 8 heteroatoms. The van der Waals surface area contributed by atoms with E-state index in [9.17, 15) is 4.39 Å². The zero-order valence-corrected chi connectivity index (χ0v) is 19.7. The van der Waals surface area contributed by atoms with Crippen LogP contribution in [0, 0.1) is 5.82 Å². The fourth-order valence-corrected chi connectivity index (χ4v) is 3.49. The summed E-state index contributed by atoms with van der Waals surface area (Å²) in [7, 11) is 0. The molecule has 0 spiro atoms. The monoisotopic (exact) mass is 524 g/mol. The van der Waals surface area contributed by atoms with Gasteiger partial charge in [0.05, 0.1) is 6.54 Å². The Bertz CT molecular complexity index is 832. The summed E-state index contributed by atoms with van der Waals surface area (Å²) in [6.45, 7) is 7.15. The van der Waals surface area contributed by atoms with E-state index in [1.807, 2.05) is 24.4 Å². The molecule has 2 fully saturated rings. The second-order valence-corrected chi connectivity index (χ2v) is 7.59. The molecular formula is C22H30FIN6. The molecule has 0 amide bonds. The number of aliphatic imine (C=N–C) groups is 1. The van der Waals surface area contributed by atoms with E-state index in [-0.39, 0.29) is 29.8 Å². The molecule has 2 N–H and O–H groups in total. The molecule has 2 aromatic rings. The third-order valence-corrected chi connectivity index (χ3v) is 5.29. The van der Waals surface area contributed by atoms with Gasteiger partial charge in [-0.05, 0) is 61.7 Å². The highest BCUT2D eigenvalue weighted by Gasteiger charge is 2.22. The van der Waals surface area contributed by atoms with Crippen molar-refractivity contribution in [1.82, 2.24) is 15.6 Å². The van der Waals surface area contributed by atoms with Crippen LogP contribution < -0.4 is 20.4 Å². The quantitative estimate of drug-likeness (QED) is 0.345. The largest absolute Gasteiger partial charge is 0.368 e. The fourth-order valence-electron chi connectivity index (χ4n) is 3.49. The van der Waals surface area contributed by atoms with E-state index in [4.69, 9.17) is 4.99 Å². The molecule has 2 heterocycles. The normalized spacial score (nSPS) is 16.8. The van der Waals surface area contributed by atoms with Crippen LogP contribution >= 0.6 is 24.0 Å². The maximum Gasteiger partial charge on any atom is 0.191 e. The Hall–Kier alpha value is -2.10. The molecule has 1 aliphatic heterocycles. The van der Waals surface area contributed by atoms with Gasteiger partial charge in [0.25, 0.3) is 0 Å². The number of hydrogen-bond acceptors (Lipinski definition) is 4. The van der Waals surface area contributed by atoms with Crippen molar-refractivity contribution in [1.29, 1.82) is 0 Å². The first-order valence-corrected chi connectivity index (χ1v) is 10.5. The molecule has 162 valence electrons. The zero-order valence-electron chi connectivity index (χ0n) is 17.4. The van der Waals surface area contributed by atoms with Crippen LogP contribution in [0.15, 0.2) is 47.6 Å². The number of rotatable bonds is 6. The Balaban J connectivity index is 0.00000256. The summed E-state index contributed by atoms with van der Waals surface area (Å²) in [5, 5.41) is 6.76. The number of pyridine rings is 1. The molecule has 0 unspecified atom stereocenters. The standard InChI is InChI=1S/C22H29FN6.HI/c1-2-24-22(27-19-5-6-19)26-16-17-9-10-25-21(15-17)29-13-11-28(12-14-29)20-7-3-18(23)4-8-20;/h3-4,7-10,15,19H,2,5-6,11-14,16H2,1H3,(H2,24,26,27);1H. The lowest BCUT2D eigenvalue weighted by Gasteiger charge is -2.36. The Kier molecular flexibility index (Phi) is 8.12. The smallest absolute Gasteiger partial charge is 0.191 e. The average Bonchev–Trinajstić information content (AvgIpc) is 3.57. The molecular weight excluding hydrogens is 494 g/mol. The van der Waals surface area contributed by atoms with E-state index < -0.39 is 0 Å². The Morgan fingerprint density at radius 1 is 1.10 bits per heavy atom. The number of aromatic nitrogens is 1. The van der Waals surface area contributed by atoms with Crippen LogP contribution in [0.5, 0.6) is 0 Å². The van der Waals surface area contributed by atoms with E-state index in [2.05, 4.69) is 38.4 Å². The minimum Gasteiger partial charge on any atom is -0.368 e. The summed E-state index contributed by atoms with van der Waals surface area (Å²) < 4.78 is 13.1. The molecule has 6 nitrogen and oxygen atoms in total. The first-order valence-electron chi connectivity index (χ1n) is 10.5. The van der Waals surface area contributed by atoms with Gasteiger partial charge in [-0.2, -0.15) is 0 Å². The van der Waals surface area contributed by atoms with Gasteiger partial charge in [0, 0.05) is 50.6 Å². The second kappa shape index (κ2) is 10.8. The Labute approximate surface area is 195 Å². The van der Waals surface area contributed by atoms with Crippen molar-refractivity contribution >= 4 is 41.4 Å². The third-order valence-electron chi connectivity index (χ3n) is 5.29. The number of benzene rings is 1. The lowest BCUT2D eigenvalue weighted by Crippen LogP contribution is -2.46. The molecule has 1 saturated heterocycles. The molecule has 1 aromatic carbocycles.